The first-order chi connectivity index (χ1) is 7.74. The minimum absolute atomic E-state index is 0.746. The van der Waals surface area contributed by atoms with E-state index in [0.717, 1.165) is 23.3 Å². The Kier molecular flexibility index (Phi) is 3.06. The van der Waals surface area contributed by atoms with Gasteiger partial charge >= 0.3 is 0 Å². The van der Waals surface area contributed by atoms with Gasteiger partial charge in [0.2, 0.25) is 0 Å². The summed E-state index contributed by atoms with van der Waals surface area (Å²) in [6.45, 7) is 4.20. The first kappa shape index (κ1) is 10.9. The molecule has 0 saturated carbocycles. The van der Waals surface area contributed by atoms with Gasteiger partial charge in [-0.25, -0.2) is 10.8 Å². The summed E-state index contributed by atoms with van der Waals surface area (Å²) in [5, 5.41) is 1.18. The first-order valence-electron chi connectivity index (χ1n) is 5.61. The van der Waals surface area contributed by atoms with E-state index in [2.05, 4.69) is 41.6 Å². The number of benzene rings is 1. The molecule has 2 rings (SSSR count). The molecule has 1 aromatic heterocycles. The molecule has 0 aliphatic rings. The fraction of sp³-hybridized carbons (Fsp3) is 0.308. The lowest BCUT2D eigenvalue weighted by atomic mass is 10.1. The highest BCUT2D eigenvalue weighted by Crippen LogP contribution is 2.20. The smallest absolute Gasteiger partial charge is 0.143 e. The van der Waals surface area contributed by atoms with Crippen molar-refractivity contribution in [3.63, 3.8) is 0 Å². The van der Waals surface area contributed by atoms with Crippen LogP contribution >= 0.6 is 0 Å². The highest BCUT2D eigenvalue weighted by Gasteiger charge is 2.02. The normalized spacial score (nSPS) is 10.7. The minimum atomic E-state index is 0.746. The maximum atomic E-state index is 5.41. The molecule has 3 nitrogen and oxygen atoms in total. The molecule has 84 valence electrons. The highest BCUT2D eigenvalue weighted by molar-refractivity contribution is 5.82. The zero-order chi connectivity index (χ0) is 11.5. The van der Waals surface area contributed by atoms with Crippen LogP contribution in [0.1, 0.15) is 24.5 Å². The van der Waals surface area contributed by atoms with Gasteiger partial charge in [0.1, 0.15) is 5.82 Å². The van der Waals surface area contributed by atoms with Crippen LogP contribution in [0.5, 0.6) is 0 Å². The average molecular weight is 215 g/mol. The molecule has 0 amide bonds. The van der Waals surface area contributed by atoms with Gasteiger partial charge in [-0.3, -0.25) is 0 Å². The summed E-state index contributed by atoms with van der Waals surface area (Å²) in [6.07, 6.45) is 2.28. The van der Waals surface area contributed by atoms with E-state index < -0.39 is 0 Å². The van der Waals surface area contributed by atoms with Crippen LogP contribution in [0, 0.1) is 6.92 Å². The van der Waals surface area contributed by atoms with Crippen molar-refractivity contribution < 1.29 is 0 Å². The number of aromatic nitrogens is 1. The largest absolute Gasteiger partial charge is 0.308 e. The maximum Gasteiger partial charge on any atom is 0.143 e. The Hall–Kier alpha value is -1.61. The Morgan fingerprint density at radius 1 is 1.31 bits per heavy atom. The van der Waals surface area contributed by atoms with Crippen molar-refractivity contribution in [2.75, 3.05) is 5.43 Å². The lowest BCUT2D eigenvalue weighted by Gasteiger charge is -2.07. The summed E-state index contributed by atoms with van der Waals surface area (Å²) in [6, 6.07) is 8.52. The zero-order valence-electron chi connectivity index (χ0n) is 9.75. The number of nitrogens with two attached hydrogens (primary N) is 1. The number of nitrogen functional groups attached to an aromatic ring is 1. The number of pyridine rings is 1. The van der Waals surface area contributed by atoms with Gasteiger partial charge in [0.25, 0.3) is 0 Å². The minimum Gasteiger partial charge on any atom is -0.308 e. The number of anilines is 1. The number of aryl methyl sites for hydroxylation is 2. The fourth-order valence-electron chi connectivity index (χ4n) is 1.92. The first-order valence-corrected chi connectivity index (χ1v) is 5.61. The van der Waals surface area contributed by atoms with E-state index in [1.165, 1.54) is 17.4 Å². The molecule has 16 heavy (non-hydrogen) atoms. The van der Waals surface area contributed by atoms with Crippen molar-refractivity contribution in [1.82, 2.24) is 4.98 Å². The average Bonchev–Trinajstić information content (AvgIpc) is 2.28. The SMILES string of the molecule is CCCc1ccc2nc(NN)c(C)cc2c1. The number of rotatable bonds is 3. The van der Waals surface area contributed by atoms with Crippen molar-refractivity contribution in [3.8, 4) is 0 Å². The van der Waals surface area contributed by atoms with Crippen LogP contribution in [0.3, 0.4) is 0 Å². The standard InChI is InChI=1S/C13H17N3/c1-3-4-10-5-6-12-11(8-10)7-9(2)13(15-12)16-14/h5-8H,3-4,14H2,1-2H3,(H,15,16). The molecule has 3 N–H and O–H groups in total. The van der Waals surface area contributed by atoms with Crippen LogP contribution in [-0.2, 0) is 6.42 Å². The second-order valence-electron chi connectivity index (χ2n) is 4.08. The molecule has 0 aliphatic heterocycles. The van der Waals surface area contributed by atoms with E-state index in [4.69, 9.17) is 5.84 Å². The van der Waals surface area contributed by atoms with Gasteiger partial charge in [-0.2, -0.15) is 0 Å². The fourth-order valence-corrected chi connectivity index (χ4v) is 1.92. The molecule has 2 aromatic rings. The van der Waals surface area contributed by atoms with E-state index in [1.807, 2.05) is 6.92 Å². The monoisotopic (exact) mass is 215 g/mol. The van der Waals surface area contributed by atoms with Crippen molar-refractivity contribution in [2.45, 2.75) is 26.7 Å². The maximum absolute atomic E-state index is 5.41. The molecule has 0 bridgehead atoms. The van der Waals surface area contributed by atoms with Crippen molar-refractivity contribution in [2.24, 2.45) is 5.84 Å². The molecule has 0 saturated heterocycles. The van der Waals surface area contributed by atoms with Gasteiger partial charge in [-0.05, 0) is 42.7 Å². The van der Waals surface area contributed by atoms with E-state index in [9.17, 15) is 0 Å². The number of fused-ring (bicyclic) bond motifs is 1. The van der Waals surface area contributed by atoms with Gasteiger partial charge in [-0.1, -0.05) is 19.4 Å². The third kappa shape index (κ3) is 1.99. The summed E-state index contributed by atoms with van der Waals surface area (Å²) in [5.74, 6) is 6.15. The molecular weight excluding hydrogens is 198 g/mol. The van der Waals surface area contributed by atoms with E-state index in [-0.39, 0.29) is 0 Å². The molecule has 1 heterocycles. The second-order valence-corrected chi connectivity index (χ2v) is 4.08. The quantitative estimate of drug-likeness (QED) is 0.611. The van der Waals surface area contributed by atoms with Crippen LogP contribution in [0.4, 0.5) is 5.82 Å². The summed E-state index contributed by atoms with van der Waals surface area (Å²) in [5.41, 5.74) is 6.04. The van der Waals surface area contributed by atoms with Gasteiger partial charge in [0, 0.05) is 5.39 Å². The summed E-state index contributed by atoms with van der Waals surface area (Å²) in [7, 11) is 0. The predicted octanol–water partition coefficient (Wildman–Crippen LogP) is 2.78. The van der Waals surface area contributed by atoms with E-state index >= 15 is 0 Å². The van der Waals surface area contributed by atoms with Crippen LogP contribution in [0.2, 0.25) is 0 Å². The predicted molar refractivity (Wildman–Crippen MR) is 68.3 cm³/mol. The van der Waals surface area contributed by atoms with Crippen molar-refractivity contribution >= 4 is 16.7 Å². The third-order valence-corrected chi connectivity index (χ3v) is 2.75. The number of nitrogens with zero attached hydrogens (tertiary/aromatic N) is 1. The summed E-state index contributed by atoms with van der Waals surface area (Å²) < 4.78 is 0. The molecule has 0 fully saturated rings. The molecule has 0 spiro atoms. The van der Waals surface area contributed by atoms with Gasteiger partial charge in [0.05, 0.1) is 5.52 Å². The second kappa shape index (κ2) is 4.49. The molecule has 0 radical (unpaired) electrons. The number of hydrogen-bond acceptors (Lipinski definition) is 3. The van der Waals surface area contributed by atoms with Crippen molar-refractivity contribution in [1.29, 1.82) is 0 Å². The van der Waals surface area contributed by atoms with Crippen LogP contribution < -0.4 is 11.3 Å². The molecule has 0 unspecified atom stereocenters. The third-order valence-electron chi connectivity index (χ3n) is 2.75. The molecular formula is C13H17N3. The van der Waals surface area contributed by atoms with E-state index in [1.54, 1.807) is 0 Å². The summed E-state index contributed by atoms with van der Waals surface area (Å²) >= 11 is 0. The van der Waals surface area contributed by atoms with Gasteiger partial charge < -0.3 is 5.43 Å². The molecule has 0 aliphatic carbocycles. The molecule has 0 atom stereocenters. The Bertz CT molecular complexity index is 506. The summed E-state index contributed by atoms with van der Waals surface area (Å²) in [4.78, 5) is 4.46. The van der Waals surface area contributed by atoms with Gasteiger partial charge in [0.15, 0.2) is 0 Å². The topological polar surface area (TPSA) is 50.9 Å². The number of hydrogen-bond donors (Lipinski definition) is 2. The van der Waals surface area contributed by atoms with Crippen LogP contribution in [-0.4, -0.2) is 4.98 Å². The molecule has 3 heteroatoms. The number of hydrazine groups is 1. The van der Waals surface area contributed by atoms with Gasteiger partial charge in [-0.15, -0.1) is 0 Å². The molecule has 1 aromatic carbocycles. The zero-order valence-corrected chi connectivity index (χ0v) is 9.75. The lowest BCUT2D eigenvalue weighted by Crippen LogP contribution is -2.10. The van der Waals surface area contributed by atoms with Crippen LogP contribution in [0.15, 0.2) is 24.3 Å². The lowest BCUT2D eigenvalue weighted by molar-refractivity contribution is 0.923. The van der Waals surface area contributed by atoms with E-state index in [0.29, 0.717) is 0 Å². The Morgan fingerprint density at radius 3 is 2.81 bits per heavy atom. The Balaban J connectivity index is 2.53. The van der Waals surface area contributed by atoms with Crippen molar-refractivity contribution in [3.05, 3.63) is 35.4 Å². The highest BCUT2D eigenvalue weighted by atomic mass is 15.2. The van der Waals surface area contributed by atoms with Crippen LogP contribution in [0.25, 0.3) is 10.9 Å². The number of nitrogens with one attached hydrogen (secondary N) is 1. The Labute approximate surface area is 95.7 Å². The Morgan fingerprint density at radius 2 is 2.12 bits per heavy atom.